The van der Waals surface area contributed by atoms with E-state index in [4.69, 9.17) is 0 Å². The van der Waals surface area contributed by atoms with E-state index in [2.05, 4.69) is 18.3 Å². The Kier molecular flexibility index (Phi) is 5.78. The molecule has 1 fully saturated rings. The Hall–Kier alpha value is -1.15. The first-order chi connectivity index (χ1) is 9.76. The molecule has 0 heterocycles. The molecule has 2 heteroatoms. The van der Waals surface area contributed by atoms with Gasteiger partial charge in [-0.2, -0.15) is 0 Å². The molecule has 0 aromatic heterocycles. The Morgan fingerprint density at radius 2 is 1.90 bits per heavy atom. The van der Waals surface area contributed by atoms with E-state index in [9.17, 15) is 4.79 Å². The van der Waals surface area contributed by atoms with Crippen molar-refractivity contribution >= 4 is 5.78 Å². The van der Waals surface area contributed by atoms with Crippen molar-refractivity contribution in [2.75, 3.05) is 13.6 Å². The van der Waals surface area contributed by atoms with Crippen LogP contribution in [0.25, 0.3) is 0 Å². The second-order valence-electron chi connectivity index (χ2n) is 6.00. The lowest BCUT2D eigenvalue weighted by atomic mass is 9.77. The lowest BCUT2D eigenvalue weighted by Crippen LogP contribution is -2.23. The van der Waals surface area contributed by atoms with Gasteiger partial charge in [-0.25, -0.2) is 0 Å². The van der Waals surface area contributed by atoms with Gasteiger partial charge in [0.2, 0.25) is 0 Å². The van der Waals surface area contributed by atoms with E-state index in [-0.39, 0.29) is 5.92 Å². The molecule has 1 saturated carbocycles. The molecular formula is C18H27NO. The molecule has 1 aliphatic rings. The minimum atomic E-state index is 0.258. The summed E-state index contributed by atoms with van der Waals surface area (Å²) in [6, 6.07) is 8.14. The van der Waals surface area contributed by atoms with Crippen molar-refractivity contribution in [1.82, 2.24) is 5.32 Å². The molecule has 0 atom stereocenters. The third-order valence-corrected chi connectivity index (χ3v) is 4.72. The molecule has 2 rings (SSSR count). The number of Topliss-reactive ketones (excluding diaryl/α,β-unsaturated/α-hetero) is 1. The predicted octanol–water partition coefficient (Wildman–Crippen LogP) is 3.85. The van der Waals surface area contributed by atoms with Crippen molar-refractivity contribution in [2.24, 2.45) is 11.8 Å². The van der Waals surface area contributed by atoms with E-state index < -0.39 is 0 Å². The summed E-state index contributed by atoms with van der Waals surface area (Å²) in [5, 5.41) is 3.16. The second kappa shape index (κ2) is 7.58. The fourth-order valence-corrected chi connectivity index (χ4v) is 3.29. The highest BCUT2D eigenvalue weighted by Gasteiger charge is 2.27. The molecule has 20 heavy (non-hydrogen) atoms. The number of carbonyl (C=O) groups excluding carboxylic acids is 1. The van der Waals surface area contributed by atoms with E-state index in [0.717, 1.165) is 37.3 Å². The molecule has 1 aliphatic carbocycles. The molecule has 0 radical (unpaired) electrons. The molecule has 0 spiro atoms. The summed E-state index contributed by atoms with van der Waals surface area (Å²) in [5.74, 6) is 1.48. The highest BCUT2D eigenvalue weighted by molar-refractivity contribution is 5.99. The van der Waals surface area contributed by atoms with Crippen molar-refractivity contribution in [3.05, 3.63) is 35.4 Å². The summed E-state index contributed by atoms with van der Waals surface area (Å²) < 4.78 is 0. The van der Waals surface area contributed by atoms with Crippen LogP contribution in [0.5, 0.6) is 0 Å². The third-order valence-electron chi connectivity index (χ3n) is 4.72. The summed E-state index contributed by atoms with van der Waals surface area (Å²) in [4.78, 5) is 12.8. The molecule has 0 amide bonds. The van der Waals surface area contributed by atoms with Gasteiger partial charge in [0.05, 0.1) is 0 Å². The number of nitrogens with one attached hydrogen (secondary N) is 1. The van der Waals surface area contributed by atoms with Crippen LogP contribution < -0.4 is 5.32 Å². The third kappa shape index (κ3) is 3.69. The lowest BCUT2D eigenvalue weighted by Gasteiger charge is -2.27. The number of hydrogen-bond donors (Lipinski definition) is 1. The molecule has 1 aromatic rings. The first-order valence-corrected chi connectivity index (χ1v) is 8.03. The summed E-state index contributed by atoms with van der Waals surface area (Å²) >= 11 is 0. The standard InChI is InChI=1S/C18H27NO/c1-3-14-8-10-16(11-9-14)18(20)17-7-5-4-6-15(17)12-13-19-2/h4-7,14,16,19H,3,8-13H2,1-2H3. The van der Waals surface area contributed by atoms with Crippen LogP contribution in [0.15, 0.2) is 24.3 Å². The van der Waals surface area contributed by atoms with Crippen molar-refractivity contribution in [3.63, 3.8) is 0 Å². The maximum absolute atomic E-state index is 12.8. The number of hydrogen-bond acceptors (Lipinski definition) is 2. The molecule has 0 saturated heterocycles. The minimum absolute atomic E-state index is 0.258. The van der Waals surface area contributed by atoms with Gasteiger partial charge in [-0.05, 0) is 57.2 Å². The number of rotatable bonds is 6. The summed E-state index contributed by atoms with van der Waals surface area (Å²) in [7, 11) is 1.95. The number of likely N-dealkylation sites (N-methyl/N-ethyl adjacent to an activating group) is 1. The quantitative estimate of drug-likeness (QED) is 0.798. The van der Waals surface area contributed by atoms with Crippen molar-refractivity contribution < 1.29 is 4.79 Å². The van der Waals surface area contributed by atoms with Gasteiger partial charge in [0, 0.05) is 11.5 Å². The molecule has 1 N–H and O–H groups in total. The van der Waals surface area contributed by atoms with Crippen LogP contribution in [-0.4, -0.2) is 19.4 Å². The van der Waals surface area contributed by atoms with E-state index in [1.165, 1.54) is 24.8 Å². The van der Waals surface area contributed by atoms with Gasteiger partial charge in [0.15, 0.2) is 5.78 Å². The average molecular weight is 273 g/mol. The number of ketones is 1. The Morgan fingerprint density at radius 3 is 2.55 bits per heavy atom. The predicted molar refractivity (Wildman–Crippen MR) is 84.1 cm³/mol. The van der Waals surface area contributed by atoms with Crippen LogP contribution >= 0.6 is 0 Å². The maximum Gasteiger partial charge on any atom is 0.166 e. The lowest BCUT2D eigenvalue weighted by molar-refractivity contribution is 0.0870. The summed E-state index contributed by atoms with van der Waals surface area (Å²) in [5.41, 5.74) is 2.16. The average Bonchev–Trinajstić information content (AvgIpc) is 2.52. The van der Waals surface area contributed by atoms with Gasteiger partial charge in [0.25, 0.3) is 0 Å². The highest BCUT2D eigenvalue weighted by Crippen LogP contribution is 2.33. The van der Waals surface area contributed by atoms with E-state index >= 15 is 0 Å². The fraction of sp³-hybridized carbons (Fsp3) is 0.611. The summed E-state index contributed by atoms with van der Waals surface area (Å²) in [6.45, 7) is 3.19. The smallest absolute Gasteiger partial charge is 0.166 e. The Bertz CT molecular complexity index is 433. The molecular weight excluding hydrogens is 246 g/mol. The van der Waals surface area contributed by atoms with Crippen LogP contribution in [0, 0.1) is 11.8 Å². The van der Waals surface area contributed by atoms with Gasteiger partial charge in [-0.3, -0.25) is 4.79 Å². The zero-order valence-electron chi connectivity index (χ0n) is 12.8. The van der Waals surface area contributed by atoms with E-state index in [1.807, 2.05) is 25.2 Å². The van der Waals surface area contributed by atoms with E-state index in [1.54, 1.807) is 0 Å². The van der Waals surface area contributed by atoms with Crippen molar-refractivity contribution in [3.8, 4) is 0 Å². The zero-order chi connectivity index (χ0) is 14.4. The Labute approximate surface area is 123 Å². The first-order valence-electron chi connectivity index (χ1n) is 8.03. The minimum Gasteiger partial charge on any atom is -0.319 e. The monoisotopic (exact) mass is 273 g/mol. The van der Waals surface area contributed by atoms with Crippen molar-refractivity contribution in [1.29, 1.82) is 0 Å². The number of benzene rings is 1. The molecule has 0 unspecified atom stereocenters. The molecule has 1 aromatic carbocycles. The SMILES string of the molecule is CCC1CCC(C(=O)c2ccccc2CCNC)CC1. The highest BCUT2D eigenvalue weighted by atomic mass is 16.1. The van der Waals surface area contributed by atoms with Crippen LogP contribution in [0.1, 0.15) is 54.9 Å². The van der Waals surface area contributed by atoms with Gasteiger partial charge < -0.3 is 5.32 Å². The van der Waals surface area contributed by atoms with Crippen LogP contribution in [0.4, 0.5) is 0 Å². The Balaban J connectivity index is 2.05. The molecule has 0 aliphatic heterocycles. The Morgan fingerprint density at radius 1 is 1.20 bits per heavy atom. The van der Waals surface area contributed by atoms with Crippen LogP contribution in [0.2, 0.25) is 0 Å². The van der Waals surface area contributed by atoms with Crippen LogP contribution in [-0.2, 0) is 6.42 Å². The van der Waals surface area contributed by atoms with Gasteiger partial charge in [-0.1, -0.05) is 37.6 Å². The van der Waals surface area contributed by atoms with Gasteiger partial charge in [-0.15, -0.1) is 0 Å². The zero-order valence-corrected chi connectivity index (χ0v) is 12.8. The largest absolute Gasteiger partial charge is 0.319 e. The molecule has 110 valence electrons. The van der Waals surface area contributed by atoms with Gasteiger partial charge >= 0.3 is 0 Å². The normalized spacial score (nSPS) is 22.7. The summed E-state index contributed by atoms with van der Waals surface area (Å²) in [6.07, 6.45) is 6.81. The maximum atomic E-state index is 12.8. The van der Waals surface area contributed by atoms with E-state index in [0.29, 0.717) is 5.78 Å². The number of carbonyl (C=O) groups is 1. The van der Waals surface area contributed by atoms with Gasteiger partial charge in [0.1, 0.15) is 0 Å². The van der Waals surface area contributed by atoms with Crippen LogP contribution in [0.3, 0.4) is 0 Å². The molecule has 2 nitrogen and oxygen atoms in total. The van der Waals surface area contributed by atoms with Crippen molar-refractivity contribution in [2.45, 2.75) is 45.4 Å². The second-order valence-corrected chi connectivity index (χ2v) is 6.00. The first kappa shape index (κ1) is 15.2. The topological polar surface area (TPSA) is 29.1 Å². The molecule has 0 bridgehead atoms. The fourth-order valence-electron chi connectivity index (χ4n) is 3.29.